The van der Waals surface area contributed by atoms with Gasteiger partial charge in [-0.25, -0.2) is 0 Å². The Labute approximate surface area is 152 Å². The van der Waals surface area contributed by atoms with Crippen LogP contribution in [0.25, 0.3) is 0 Å². The van der Waals surface area contributed by atoms with Crippen molar-refractivity contribution in [3.63, 3.8) is 0 Å². The van der Waals surface area contributed by atoms with Crippen LogP contribution in [0.15, 0.2) is 24.3 Å². The van der Waals surface area contributed by atoms with Gasteiger partial charge < -0.3 is 10.2 Å². The molecule has 3 atom stereocenters. The molecule has 3 nitrogen and oxygen atoms in total. The van der Waals surface area contributed by atoms with Gasteiger partial charge in [0.25, 0.3) is 0 Å². The zero-order chi connectivity index (χ0) is 18.7. The van der Waals surface area contributed by atoms with Crippen LogP contribution in [0.2, 0.25) is 0 Å². The number of carbonyl (C=O) groups excluding carboxylic acids is 1. The van der Waals surface area contributed by atoms with Gasteiger partial charge in [-0.15, -0.1) is 0 Å². The van der Waals surface area contributed by atoms with Gasteiger partial charge >= 0.3 is 6.18 Å². The molecule has 2 fully saturated rings. The number of likely N-dealkylation sites (tertiary alicyclic amines) is 1. The minimum Gasteiger partial charge on any atom is -0.356 e. The SMILES string of the molecule is CC1CCCN(CCCNC(=O)C2CC2c2cccc(C(F)(F)F)c2)C1. The molecule has 1 amide bonds. The molecule has 1 saturated carbocycles. The number of carbonyl (C=O) groups is 1. The Kier molecular flexibility index (Phi) is 5.90. The van der Waals surface area contributed by atoms with Gasteiger partial charge in [0.1, 0.15) is 0 Å². The third kappa shape index (κ3) is 5.00. The highest BCUT2D eigenvalue weighted by molar-refractivity contribution is 5.82. The second-order valence-corrected chi connectivity index (χ2v) is 7.76. The van der Waals surface area contributed by atoms with Crippen LogP contribution in [0.3, 0.4) is 0 Å². The van der Waals surface area contributed by atoms with Crippen molar-refractivity contribution in [2.75, 3.05) is 26.2 Å². The highest BCUT2D eigenvalue weighted by Crippen LogP contribution is 2.48. The maximum Gasteiger partial charge on any atom is 0.416 e. The number of rotatable bonds is 6. The summed E-state index contributed by atoms with van der Waals surface area (Å²) in [6.45, 7) is 6.17. The molecule has 1 aromatic rings. The van der Waals surface area contributed by atoms with Gasteiger partial charge in [0.2, 0.25) is 5.91 Å². The average Bonchev–Trinajstić information content (AvgIpc) is 3.39. The van der Waals surface area contributed by atoms with Gasteiger partial charge in [0.15, 0.2) is 0 Å². The molecular weight excluding hydrogens is 341 g/mol. The van der Waals surface area contributed by atoms with Crippen LogP contribution in [0.4, 0.5) is 13.2 Å². The van der Waals surface area contributed by atoms with E-state index in [1.807, 2.05) is 0 Å². The summed E-state index contributed by atoms with van der Waals surface area (Å²) in [5, 5.41) is 2.95. The average molecular weight is 368 g/mol. The summed E-state index contributed by atoms with van der Waals surface area (Å²) in [5.41, 5.74) is -0.0286. The molecule has 0 spiro atoms. The lowest BCUT2D eigenvalue weighted by atomic mass is 10.0. The summed E-state index contributed by atoms with van der Waals surface area (Å²) < 4.78 is 38.4. The van der Waals surface area contributed by atoms with Crippen LogP contribution in [-0.2, 0) is 11.0 Å². The van der Waals surface area contributed by atoms with Crippen molar-refractivity contribution in [2.24, 2.45) is 11.8 Å². The Hall–Kier alpha value is -1.56. The first-order chi connectivity index (χ1) is 12.3. The fourth-order valence-corrected chi connectivity index (χ4v) is 3.93. The number of nitrogens with one attached hydrogen (secondary N) is 1. The molecule has 1 aliphatic carbocycles. The smallest absolute Gasteiger partial charge is 0.356 e. The summed E-state index contributed by atoms with van der Waals surface area (Å²) in [6.07, 6.45) is -0.245. The third-order valence-electron chi connectivity index (χ3n) is 5.46. The van der Waals surface area contributed by atoms with Crippen molar-refractivity contribution in [1.29, 1.82) is 0 Å². The molecule has 26 heavy (non-hydrogen) atoms. The first kappa shape index (κ1) is 19.2. The summed E-state index contributed by atoms with van der Waals surface area (Å²) >= 11 is 0. The Morgan fingerprint density at radius 1 is 1.35 bits per heavy atom. The summed E-state index contributed by atoms with van der Waals surface area (Å²) in [6, 6.07) is 5.35. The Morgan fingerprint density at radius 2 is 2.15 bits per heavy atom. The highest BCUT2D eigenvalue weighted by atomic mass is 19.4. The Bertz CT molecular complexity index is 632. The van der Waals surface area contributed by atoms with Crippen molar-refractivity contribution >= 4 is 5.91 Å². The molecule has 3 unspecified atom stereocenters. The van der Waals surface area contributed by atoms with E-state index in [4.69, 9.17) is 0 Å². The molecular formula is C20H27F3N2O. The molecule has 1 aliphatic heterocycles. The second kappa shape index (κ2) is 7.99. The summed E-state index contributed by atoms with van der Waals surface area (Å²) in [7, 11) is 0. The first-order valence-electron chi connectivity index (χ1n) is 9.52. The predicted octanol–water partition coefficient (Wildman–Crippen LogP) is 4.05. The van der Waals surface area contributed by atoms with Gasteiger partial charge in [0, 0.05) is 19.0 Å². The highest BCUT2D eigenvalue weighted by Gasteiger charge is 2.44. The molecule has 0 bridgehead atoms. The van der Waals surface area contributed by atoms with E-state index < -0.39 is 11.7 Å². The Morgan fingerprint density at radius 3 is 2.88 bits per heavy atom. The van der Waals surface area contributed by atoms with Crippen LogP contribution in [0, 0.1) is 11.8 Å². The topological polar surface area (TPSA) is 32.3 Å². The van der Waals surface area contributed by atoms with E-state index in [0.717, 1.165) is 38.0 Å². The standard InChI is InChI=1S/C20H27F3N2O/c1-14-5-3-9-25(13-14)10-4-8-24-19(26)18-12-17(18)15-6-2-7-16(11-15)20(21,22)23/h2,6-7,11,14,17-18H,3-5,8-10,12-13H2,1H3,(H,24,26). The van der Waals surface area contributed by atoms with Gasteiger partial charge in [-0.3, -0.25) is 4.79 Å². The number of amides is 1. The maximum absolute atomic E-state index is 12.8. The molecule has 6 heteroatoms. The lowest BCUT2D eigenvalue weighted by molar-refractivity contribution is -0.137. The quantitative estimate of drug-likeness (QED) is 0.769. The van der Waals surface area contributed by atoms with E-state index >= 15 is 0 Å². The third-order valence-corrected chi connectivity index (χ3v) is 5.46. The van der Waals surface area contributed by atoms with Crippen molar-refractivity contribution in [3.8, 4) is 0 Å². The van der Waals surface area contributed by atoms with Crippen molar-refractivity contribution in [2.45, 2.75) is 44.7 Å². The van der Waals surface area contributed by atoms with Crippen LogP contribution in [-0.4, -0.2) is 37.0 Å². The number of hydrogen-bond acceptors (Lipinski definition) is 2. The number of nitrogens with zero attached hydrogens (tertiary/aromatic N) is 1. The summed E-state index contributed by atoms with van der Waals surface area (Å²) in [4.78, 5) is 14.7. The molecule has 3 rings (SSSR count). The zero-order valence-corrected chi connectivity index (χ0v) is 15.2. The van der Waals surface area contributed by atoms with E-state index in [2.05, 4.69) is 17.1 Å². The fourth-order valence-electron chi connectivity index (χ4n) is 3.93. The number of halogens is 3. The largest absolute Gasteiger partial charge is 0.416 e. The monoisotopic (exact) mass is 368 g/mol. The van der Waals surface area contributed by atoms with Crippen molar-refractivity contribution in [1.82, 2.24) is 10.2 Å². The molecule has 2 aliphatic rings. The normalized spacial score (nSPS) is 26.5. The predicted molar refractivity (Wildman–Crippen MR) is 94.8 cm³/mol. The number of piperidine rings is 1. The van der Waals surface area contributed by atoms with E-state index in [0.29, 0.717) is 18.5 Å². The van der Waals surface area contributed by atoms with E-state index in [1.54, 1.807) is 6.07 Å². The van der Waals surface area contributed by atoms with Crippen molar-refractivity contribution in [3.05, 3.63) is 35.4 Å². The van der Waals surface area contributed by atoms with Crippen LogP contribution >= 0.6 is 0 Å². The van der Waals surface area contributed by atoms with Crippen LogP contribution < -0.4 is 5.32 Å². The zero-order valence-electron chi connectivity index (χ0n) is 15.2. The molecule has 0 aromatic heterocycles. The van der Waals surface area contributed by atoms with E-state index in [9.17, 15) is 18.0 Å². The summed E-state index contributed by atoms with van der Waals surface area (Å²) in [5.74, 6) is 0.450. The molecule has 0 radical (unpaired) electrons. The van der Waals surface area contributed by atoms with E-state index in [-0.39, 0.29) is 17.7 Å². The molecule has 144 valence electrons. The molecule has 1 aromatic carbocycles. The lowest BCUT2D eigenvalue weighted by Crippen LogP contribution is -2.36. The number of alkyl halides is 3. The van der Waals surface area contributed by atoms with E-state index in [1.165, 1.54) is 25.0 Å². The van der Waals surface area contributed by atoms with Gasteiger partial charge in [0.05, 0.1) is 5.56 Å². The molecule has 1 N–H and O–H groups in total. The number of hydrogen-bond donors (Lipinski definition) is 1. The Balaban J connectivity index is 1.40. The minimum atomic E-state index is -4.34. The maximum atomic E-state index is 12.8. The minimum absolute atomic E-state index is 0.0283. The molecule has 1 saturated heterocycles. The van der Waals surface area contributed by atoms with Crippen molar-refractivity contribution < 1.29 is 18.0 Å². The van der Waals surface area contributed by atoms with Crippen LogP contribution in [0.5, 0.6) is 0 Å². The first-order valence-corrected chi connectivity index (χ1v) is 9.52. The van der Waals surface area contributed by atoms with Gasteiger partial charge in [-0.2, -0.15) is 13.2 Å². The lowest BCUT2D eigenvalue weighted by Gasteiger charge is -2.30. The van der Waals surface area contributed by atoms with Gasteiger partial charge in [-0.1, -0.05) is 25.1 Å². The number of benzene rings is 1. The second-order valence-electron chi connectivity index (χ2n) is 7.76. The molecule has 1 heterocycles. The van der Waals surface area contributed by atoms with Crippen LogP contribution in [0.1, 0.15) is 49.7 Å². The van der Waals surface area contributed by atoms with Gasteiger partial charge in [-0.05, 0) is 62.2 Å². The fraction of sp³-hybridized carbons (Fsp3) is 0.650.